The van der Waals surface area contributed by atoms with E-state index in [1.54, 1.807) is 0 Å². The van der Waals surface area contributed by atoms with Gasteiger partial charge in [-0.15, -0.1) is 0 Å². The molecule has 0 aliphatic heterocycles. The van der Waals surface area contributed by atoms with Crippen LogP contribution in [0.4, 0.5) is 17.5 Å². The molecule has 1 unspecified atom stereocenters. The summed E-state index contributed by atoms with van der Waals surface area (Å²) in [6.07, 6.45) is 1.66. The highest BCUT2D eigenvalue weighted by molar-refractivity contribution is 5.53. The van der Waals surface area contributed by atoms with E-state index in [1.807, 2.05) is 30.3 Å². The molecule has 2 rings (SSSR count). The lowest BCUT2D eigenvalue weighted by Crippen LogP contribution is -2.16. The number of nitrogen functional groups attached to an aromatic ring is 1. The Hall–Kier alpha value is -2.74. The second-order valence-corrected chi connectivity index (χ2v) is 4.72. The molecule has 2 aromatic rings. The molecule has 0 aliphatic carbocycles. The first-order chi connectivity index (χ1) is 10.6. The summed E-state index contributed by atoms with van der Waals surface area (Å²) in [5.74, 6) is 0.120. The fourth-order valence-electron chi connectivity index (χ4n) is 2.10. The van der Waals surface area contributed by atoms with Crippen molar-refractivity contribution >= 4 is 17.5 Å². The molecule has 8 heteroatoms. The second kappa shape index (κ2) is 7.32. The van der Waals surface area contributed by atoms with Gasteiger partial charge in [-0.25, -0.2) is 4.98 Å². The summed E-state index contributed by atoms with van der Waals surface area (Å²) in [6.45, 7) is 0.548. The minimum Gasteiger partial charge on any atom is -0.396 e. The molecule has 0 amide bonds. The predicted octanol–water partition coefficient (Wildman–Crippen LogP) is 1.55. The summed E-state index contributed by atoms with van der Waals surface area (Å²) in [7, 11) is 0. The fraction of sp³-hybridized carbons (Fsp3) is 0.286. The van der Waals surface area contributed by atoms with E-state index in [-0.39, 0.29) is 30.0 Å². The number of rotatable bonds is 7. The number of aromatic nitrogens is 2. The van der Waals surface area contributed by atoms with Gasteiger partial charge in [0.2, 0.25) is 11.8 Å². The van der Waals surface area contributed by atoms with Crippen LogP contribution in [0.5, 0.6) is 0 Å². The third-order valence-corrected chi connectivity index (χ3v) is 3.25. The van der Waals surface area contributed by atoms with Gasteiger partial charge >= 0.3 is 5.69 Å². The van der Waals surface area contributed by atoms with Crippen LogP contribution in [0.2, 0.25) is 0 Å². The van der Waals surface area contributed by atoms with Crippen LogP contribution >= 0.6 is 0 Å². The van der Waals surface area contributed by atoms with Gasteiger partial charge in [-0.2, -0.15) is 4.98 Å². The minimum absolute atomic E-state index is 0.0600. The number of nitrogens with one attached hydrogen (secondary N) is 1. The van der Waals surface area contributed by atoms with E-state index in [2.05, 4.69) is 15.3 Å². The fourth-order valence-corrected chi connectivity index (χ4v) is 2.10. The SMILES string of the molecule is Nc1nc(NCC(CCO)c2ccccc2)ncc1[N+](=O)[O-]. The number of nitro groups is 1. The number of aliphatic hydroxyl groups excluding tert-OH is 1. The monoisotopic (exact) mass is 303 g/mol. The maximum absolute atomic E-state index is 10.7. The average molecular weight is 303 g/mol. The van der Waals surface area contributed by atoms with Crippen molar-refractivity contribution in [3.05, 3.63) is 52.2 Å². The lowest BCUT2D eigenvalue weighted by atomic mass is 9.96. The summed E-state index contributed by atoms with van der Waals surface area (Å²) < 4.78 is 0. The largest absolute Gasteiger partial charge is 0.396 e. The number of hydrogen-bond acceptors (Lipinski definition) is 7. The molecule has 0 aliphatic rings. The van der Waals surface area contributed by atoms with Crippen LogP contribution in [0, 0.1) is 10.1 Å². The van der Waals surface area contributed by atoms with Crippen molar-refractivity contribution < 1.29 is 10.0 Å². The summed E-state index contributed by atoms with van der Waals surface area (Å²) in [6, 6.07) is 9.74. The maximum atomic E-state index is 10.7. The van der Waals surface area contributed by atoms with Gasteiger partial charge in [-0.1, -0.05) is 30.3 Å². The van der Waals surface area contributed by atoms with Crippen molar-refractivity contribution in [3.8, 4) is 0 Å². The van der Waals surface area contributed by atoms with E-state index in [1.165, 1.54) is 0 Å². The number of benzene rings is 1. The third kappa shape index (κ3) is 3.89. The third-order valence-electron chi connectivity index (χ3n) is 3.25. The van der Waals surface area contributed by atoms with Crippen molar-refractivity contribution in [2.24, 2.45) is 0 Å². The van der Waals surface area contributed by atoms with Gasteiger partial charge in [0.05, 0.1) is 4.92 Å². The molecular formula is C14H17N5O3. The van der Waals surface area contributed by atoms with Crippen LogP contribution in [0.15, 0.2) is 36.5 Å². The van der Waals surface area contributed by atoms with Crippen LogP contribution in [0.1, 0.15) is 17.9 Å². The summed E-state index contributed by atoms with van der Waals surface area (Å²) in [5.41, 5.74) is 6.29. The molecule has 1 aromatic carbocycles. The molecule has 0 radical (unpaired) electrons. The number of aliphatic hydroxyl groups is 1. The molecule has 1 aromatic heterocycles. The molecule has 8 nitrogen and oxygen atoms in total. The molecule has 0 saturated heterocycles. The van der Waals surface area contributed by atoms with Gasteiger partial charge in [-0.05, 0) is 12.0 Å². The smallest absolute Gasteiger partial charge is 0.329 e. The number of hydrogen-bond donors (Lipinski definition) is 3. The Morgan fingerprint density at radius 2 is 2.09 bits per heavy atom. The highest BCUT2D eigenvalue weighted by atomic mass is 16.6. The van der Waals surface area contributed by atoms with Gasteiger partial charge in [0.15, 0.2) is 0 Å². The number of nitrogens with zero attached hydrogens (tertiary/aromatic N) is 3. The molecule has 1 atom stereocenters. The molecule has 4 N–H and O–H groups in total. The van der Waals surface area contributed by atoms with Gasteiger partial charge in [0, 0.05) is 19.1 Å². The quantitative estimate of drug-likeness (QED) is 0.523. The average Bonchev–Trinajstić information content (AvgIpc) is 2.52. The molecular weight excluding hydrogens is 286 g/mol. The molecule has 0 saturated carbocycles. The summed E-state index contributed by atoms with van der Waals surface area (Å²) in [4.78, 5) is 17.8. The van der Waals surface area contributed by atoms with Crippen LogP contribution in [-0.4, -0.2) is 33.1 Å². The molecule has 22 heavy (non-hydrogen) atoms. The lowest BCUT2D eigenvalue weighted by molar-refractivity contribution is -0.384. The van der Waals surface area contributed by atoms with E-state index < -0.39 is 4.92 Å². The van der Waals surface area contributed by atoms with E-state index in [9.17, 15) is 15.2 Å². The Labute approximate surface area is 127 Å². The summed E-state index contributed by atoms with van der Waals surface area (Å²) >= 11 is 0. The van der Waals surface area contributed by atoms with E-state index >= 15 is 0 Å². The van der Waals surface area contributed by atoms with Crippen molar-refractivity contribution in [2.45, 2.75) is 12.3 Å². The van der Waals surface area contributed by atoms with E-state index in [0.29, 0.717) is 13.0 Å². The second-order valence-electron chi connectivity index (χ2n) is 4.72. The lowest BCUT2D eigenvalue weighted by Gasteiger charge is -2.17. The van der Waals surface area contributed by atoms with Gasteiger partial charge in [0.25, 0.3) is 0 Å². The summed E-state index contributed by atoms with van der Waals surface area (Å²) in [5, 5.41) is 22.8. The molecule has 0 bridgehead atoms. The Balaban J connectivity index is 2.06. The van der Waals surface area contributed by atoms with Crippen LogP contribution < -0.4 is 11.1 Å². The molecule has 1 heterocycles. The zero-order valence-electron chi connectivity index (χ0n) is 11.8. The number of nitrogens with two attached hydrogens (primary N) is 1. The highest BCUT2D eigenvalue weighted by Crippen LogP contribution is 2.21. The topological polar surface area (TPSA) is 127 Å². The molecule has 0 spiro atoms. The zero-order valence-corrected chi connectivity index (χ0v) is 11.8. The highest BCUT2D eigenvalue weighted by Gasteiger charge is 2.15. The molecule has 116 valence electrons. The predicted molar refractivity (Wildman–Crippen MR) is 82.5 cm³/mol. The first kappa shape index (κ1) is 15.6. The van der Waals surface area contributed by atoms with Gasteiger partial charge in [0.1, 0.15) is 6.20 Å². The van der Waals surface area contributed by atoms with Crippen LogP contribution in [0.3, 0.4) is 0 Å². The van der Waals surface area contributed by atoms with Crippen LogP contribution in [0.25, 0.3) is 0 Å². The van der Waals surface area contributed by atoms with Gasteiger partial charge < -0.3 is 16.2 Å². The van der Waals surface area contributed by atoms with Crippen LogP contribution in [-0.2, 0) is 0 Å². The maximum Gasteiger partial charge on any atom is 0.329 e. The minimum atomic E-state index is -0.627. The van der Waals surface area contributed by atoms with Crippen molar-refractivity contribution in [2.75, 3.05) is 24.2 Å². The number of anilines is 2. The Bertz CT molecular complexity index is 636. The van der Waals surface area contributed by atoms with Gasteiger partial charge in [-0.3, -0.25) is 10.1 Å². The van der Waals surface area contributed by atoms with Crippen molar-refractivity contribution in [3.63, 3.8) is 0 Å². The standard InChI is InChI=1S/C14H17N5O3/c15-13-12(19(21)22)9-17-14(18-13)16-8-11(6-7-20)10-4-2-1-3-5-10/h1-5,9,11,20H,6-8H2,(H3,15,16,17,18). The van der Waals surface area contributed by atoms with Crippen molar-refractivity contribution in [1.29, 1.82) is 0 Å². The Morgan fingerprint density at radius 3 is 2.68 bits per heavy atom. The normalized spacial score (nSPS) is 11.9. The van der Waals surface area contributed by atoms with E-state index in [4.69, 9.17) is 5.73 Å². The first-order valence-electron chi connectivity index (χ1n) is 6.78. The van der Waals surface area contributed by atoms with E-state index in [0.717, 1.165) is 11.8 Å². The van der Waals surface area contributed by atoms with Crippen molar-refractivity contribution in [1.82, 2.24) is 9.97 Å². The Morgan fingerprint density at radius 1 is 1.36 bits per heavy atom. The Kier molecular flexibility index (Phi) is 5.21. The first-order valence-corrected chi connectivity index (χ1v) is 6.78. The molecule has 0 fully saturated rings. The zero-order chi connectivity index (χ0) is 15.9.